The predicted molar refractivity (Wildman–Crippen MR) is 132 cm³/mol. The van der Waals surface area contributed by atoms with Crippen molar-refractivity contribution in [1.29, 1.82) is 0 Å². The Morgan fingerprint density at radius 2 is 1.70 bits per heavy atom. The lowest BCUT2D eigenvalue weighted by Gasteiger charge is -2.16. The monoisotopic (exact) mass is 479 g/mol. The van der Waals surface area contributed by atoms with Crippen LogP contribution in [0.3, 0.4) is 0 Å². The first kappa shape index (κ1) is 23.0. The van der Waals surface area contributed by atoms with Gasteiger partial charge in [0.25, 0.3) is 0 Å². The van der Waals surface area contributed by atoms with E-state index in [1.165, 1.54) is 5.56 Å². The Morgan fingerprint density at radius 1 is 0.939 bits per heavy atom. The van der Waals surface area contributed by atoms with Crippen LogP contribution in [0.15, 0.2) is 54.7 Å². The molecule has 0 aliphatic heterocycles. The summed E-state index contributed by atoms with van der Waals surface area (Å²) in [7, 11) is 0. The predicted octanol–water partition coefficient (Wildman–Crippen LogP) is 7.01. The van der Waals surface area contributed by atoms with Gasteiger partial charge in [0.15, 0.2) is 5.69 Å². The maximum absolute atomic E-state index is 13.1. The lowest BCUT2D eigenvalue weighted by atomic mass is 10.1. The van der Waals surface area contributed by atoms with Gasteiger partial charge >= 0.3 is 5.97 Å². The third kappa shape index (κ3) is 4.52. The molecule has 4 aromatic rings. The van der Waals surface area contributed by atoms with Crippen LogP contribution in [0.5, 0.6) is 0 Å². The first-order chi connectivity index (χ1) is 15.8. The SMILES string of the molecule is CCOC(=O)c1nc(-c2ccc(C)c(C)c2)n(-c2cc(Cl)ccc2C)c1-c1ccnc(Cl)c1. The number of aryl methyl sites for hydroxylation is 3. The number of halogens is 2. The largest absolute Gasteiger partial charge is 0.461 e. The summed E-state index contributed by atoms with van der Waals surface area (Å²) in [5.74, 6) is 0.0957. The number of hydrogen-bond donors (Lipinski definition) is 0. The second kappa shape index (κ2) is 9.38. The molecule has 0 unspecified atom stereocenters. The quantitative estimate of drug-likeness (QED) is 0.228. The Balaban J connectivity index is 2.14. The second-order valence-corrected chi connectivity index (χ2v) is 8.61. The van der Waals surface area contributed by atoms with Gasteiger partial charge < -0.3 is 4.74 Å². The van der Waals surface area contributed by atoms with E-state index in [4.69, 9.17) is 32.9 Å². The number of pyridine rings is 1. The summed E-state index contributed by atoms with van der Waals surface area (Å²) in [6, 6.07) is 15.3. The highest BCUT2D eigenvalue weighted by Gasteiger charge is 2.27. The molecule has 0 radical (unpaired) electrons. The summed E-state index contributed by atoms with van der Waals surface area (Å²) >= 11 is 12.6. The van der Waals surface area contributed by atoms with Crippen molar-refractivity contribution >= 4 is 29.2 Å². The molecule has 2 aromatic heterocycles. The Bertz CT molecular complexity index is 1360. The van der Waals surface area contributed by atoms with Crippen LogP contribution in [0.2, 0.25) is 10.2 Å². The summed E-state index contributed by atoms with van der Waals surface area (Å²) in [4.78, 5) is 22.0. The standard InChI is InChI=1S/C26H23Cl2N3O2/c1-5-33-26(32)23-24(18-10-11-29-22(28)13-18)31(21-14-20(27)9-7-16(21)3)25(30-23)19-8-6-15(2)17(4)12-19/h6-14H,5H2,1-4H3. The van der Waals surface area contributed by atoms with Crippen molar-refractivity contribution in [3.05, 3.63) is 87.3 Å². The van der Waals surface area contributed by atoms with Crippen LogP contribution in [0.4, 0.5) is 0 Å². The van der Waals surface area contributed by atoms with Crippen molar-refractivity contribution < 1.29 is 9.53 Å². The maximum atomic E-state index is 13.1. The zero-order valence-corrected chi connectivity index (χ0v) is 20.3. The Morgan fingerprint density at radius 3 is 2.39 bits per heavy atom. The van der Waals surface area contributed by atoms with E-state index < -0.39 is 5.97 Å². The average molecular weight is 480 g/mol. The topological polar surface area (TPSA) is 57.0 Å². The van der Waals surface area contributed by atoms with E-state index in [1.807, 2.05) is 48.7 Å². The third-order valence-corrected chi connectivity index (χ3v) is 5.97. The van der Waals surface area contributed by atoms with E-state index in [1.54, 1.807) is 25.3 Å². The van der Waals surface area contributed by atoms with Crippen LogP contribution in [0, 0.1) is 20.8 Å². The lowest BCUT2D eigenvalue weighted by molar-refractivity contribution is 0.0521. The van der Waals surface area contributed by atoms with Crippen molar-refractivity contribution in [1.82, 2.24) is 14.5 Å². The zero-order chi connectivity index (χ0) is 23.7. The minimum absolute atomic E-state index is 0.201. The third-order valence-electron chi connectivity index (χ3n) is 5.52. The van der Waals surface area contributed by atoms with Crippen LogP contribution in [-0.4, -0.2) is 27.1 Å². The summed E-state index contributed by atoms with van der Waals surface area (Å²) in [5, 5.41) is 0.886. The number of benzene rings is 2. The minimum Gasteiger partial charge on any atom is -0.461 e. The van der Waals surface area contributed by atoms with Gasteiger partial charge in [-0.2, -0.15) is 0 Å². The molecule has 2 heterocycles. The summed E-state index contributed by atoms with van der Waals surface area (Å²) in [5.41, 5.74) is 6.40. The molecule has 4 rings (SSSR count). The molecular weight excluding hydrogens is 457 g/mol. The molecule has 2 aromatic carbocycles. The van der Waals surface area contributed by atoms with Gasteiger partial charge in [0.1, 0.15) is 11.0 Å². The lowest BCUT2D eigenvalue weighted by Crippen LogP contribution is -2.08. The van der Waals surface area contributed by atoms with Crippen molar-refractivity contribution in [2.45, 2.75) is 27.7 Å². The number of ether oxygens (including phenoxy) is 1. The second-order valence-electron chi connectivity index (χ2n) is 7.79. The van der Waals surface area contributed by atoms with Crippen molar-refractivity contribution in [2.24, 2.45) is 0 Å². The number of aromatic nitrogens is 3. The molecule has 0 fully saturated rings. The molecule has 0 saturated heterocycles. The number of carbonyl (C=O) groups is 1. The van der Waals surface area contributed by atoms with E-state index in [0.29, 0.717) is 27.3 Å². The fourth-order valence-electron chi connectivity index (χ4n) is 3.71. The molecule has 0 atom stereocenters. The summed E-state index contributed by atoms with van der Waals surface area (Å²) in [6.45, 7) is 8.09. The number of carbonyl (C=O) groups excluding carboxylic acids is 1. The highest BCUT2D eigenvalue weighted by atomic mass is 35.5. The molecule has 168 valence electrons. The van der Waals surface area contributed by atoms with Gasteiger partial charge in [-0.25, -0.2) is 14.8 Å². The van der Waals surface area contributed by atoms with E-state index in [9.17, 15) is 4.79 Å². The average Bonchev–Trinajstić information content (AvgIpc) is 3.18. The first-order valence-corrected chi connectivity index (χ1v) is 11.3. The van der Waals surface area contributed by atoms with Gasteiger partial charge in [0.2, 0.25) is 0 Å². The van der Waals surface area contributed by atoms with Gasteiger partial charge in [-0.3, -0.25) is 4.57 Å². The van der Waals surface area contributed by atoms with Gasteiger partial charge in [0, 0.05) is 22.3 Å². The van der Waals surface area contributed by atoms with Gasteiger partial charge in [-0.1, -0.05) is 41.4 Å². The fraction of sp³-hybridized carbons (Fsp3) is 0.192. The van der Waals surface area contributed by atoms with E-state index >= 15 is 0 Å². The van der Waals surface area contributed by atoms with Crippen LogP contribution < -0.4 is 0 Å². The molecular formula is C26H23Cl2N3O2. The Kier molecular flexibility index (Phi) is 6.54. The molecule has 0 aliphatic carbocycles. The van der Waals surface area contributed by atoms with Crippen LogP contribution in [-0.2, 0) is 4.74 Å². The van der Waals surface area contributed by atoms with Crippen molar-refractivity contribution in [2.75, 3.05) is 6.61 Å². The zero-order valence-electron chi connectivity index (χ0n) is 18.8. The van der Waals surface area contributed by atoms with Crippen molar-refractivity contribution in [3.8, 4) is 28.3 Å². The molecule has 0 amide bonds. The highest BCUT2D eigenvalue weighted by molar-refractivity contribution is 6.30. The van der Waals surface area contributed by atoms with Gasteiger partial charge in [-0.05, 0) is 74.7 Å². The normalized spacial score (nSPS) is 11.0. The molecule has 0 bridgehead atoms. The van der Waals surface area contributed by atoms with E-state index in [-0.39, 0.29) is 12.3 Å². The number of imidazole rings is 1. The molecule has 0 N–H and O–H groups in total. The maximum Gasteiger partial charge on any atom is 0.359 e. The molecule has 0 saturated carbocycles. The molecule has 0 spiro atoms. The molecule has 0 aliphatic rings. The van der Waals surface area contributed by atoms with Gasteiger partial charge in [-0.15, -0.1) is 0 Å². The number of hydrogen-bond acceptors (Lipinski definition) is 4. The fourth-order valence-corrected chi connectivity index (χ4v) is 4.05. The van der Waals surface area contributed by atoms with E-state index in [2.05, 4.69) is 18.0 Å². The minimum atomic E-state index is -0.510. The number of rotatable bonds is 5. The summed E-state index contributed by atoms with van der Waals surface area (Å²) < 4.78 is 7.32. The number of esters is 1. The van der Waals surface area contributed by atoms with Crippen LogP contribution >= 0.6 is 23.2 Å². The number of nitrogens with zero attached hydrogens (tertiary/aromatic N) is 3. The first-order valence-electron chi connectivity index (χ1n) is 10.6. The van der Waals surface area contributed by atoms with Crippen molar-refractivity contribution in [3.63, 3.8) is 0 Å². The van der Waals surface area contributed by atoms with Gasteiger partial charge in [0.05, 0.1) is 18.0 Å². The van der Waals surface area contributed by atoms with E-state index in [0.717, 1.165) is 22.4 Å². The molecule has 5 nitrogen and oxygen atoms in total. The summed E-state index contributed by atoms with van der Waals surface area (Å²) in [6.07, 6.45) is 1.60. The molecule has 33 heavy (non-hydrogen) atoms. The highest BCUT2D eigenvalue weighted by Crippen LogP contribution is 2.36. The molecule has 7 heteroatoms. The Labute approximate surface area is 203 Å². The van der Waals surface area contributed by atoms with Crippen LogP contribution in [0.1, 0.15) is 34.1 Å². The Hall–Kier alpha value is -3.15. The van der Waals surface area contributed by atoms with Crippen LogP contribution in [0.25, 0.3) is 28.3 Å². The smallest absolute Gasteiger partial charge is 0.359 e.